The first kappa shape index (κ1) is 22.7. The first-order valence-corrected chi connectivity index (χ1v) is 10.6. The van der Waals surface area contributed by atoms with E-state index in [0.717, 1.165) is 17.1 Å². The van der Waals surface area contributed by atoms with E-state index >= 15 is 0 Å². The molecule has 166 valence electrons. The SMILES string of the molecule is COCC(=O)N(CC(=O)N1CCN(c2ccc(-c3ccc(C)cc3)nn2)CC1)C(C)C. The Morgan fingerprint density at radius 2 is 1.71 bits per heavy atom. The maximum absolute atomic E-state index is 12.7. The number of carbonyl (C=O) groups excluding carboxylic acids is 2. The van der Waals surface area contributed by atoms with E-state index in [-0.39, 0.29) is 31.0 Å². The molecule has 1 saturated heterocycles. The minimum Gasteiger partial charge on any atom is -0.375 e. The molecule has 2 aromatic rings. The number of hydrogen-bond acceptors (Lipinski definition) is 6. The molecule has 8 nitrogen and oxygen atoms in total. The van der Waals surface area contributed by atoms with Gasteiger partial charge in [-0.05, 0) is 32.9 Å². The third kappa shape index (κ3) is 5.79. The van der Waals surface area contributed by atoms with E-state index in [4.69, 9.17) is 4.74 Å². The molecule has 0 N–H and O–H groups in total. The second kappa shape index (κ2) is 10.3. The fourth-order valence-electron chi connectivity index (χ4n) is 3.57. The molecule has 2 amide bonds. The van der Waals surface area contributed by atoms with Gasteiger partial charge < -0.3 is 19.4 Å². The predicted octanol–water partition coefficient (Wildman–Crippen LogP) is 1.98. The molecule has 0 bridgehead atoms. The Labute approximate surface area is 183 Å². The number of benzene rings is 1. The number of nitrogens with zero attached hydrogens (tertiary/aromatic N) is 5. The van der Waals surface area contributed by atoms with E-state index in [2.05, 4.69) is 34.2 Å². The maximum atomic E-state index is 12.7. The summed E-state index contributed by atoms with van der Waals surface area (Å²) in [6.45, 7) is 8.45. The molecule has 0 saturated carbocycles. The number of amides is 2. The molecule has 1 fully saturated rings. The molecule has 31 heavy (non-hydrogen) atoms. The highest BCUT2D eigenvalue weighted by Gasteiger charge is 2.26. The highest BCUT2D eigenvalue weighted by molar-refractivity contribution is 5.85. The molecule has 1 aliphatic rings. The third-order valence-electron chi connectivity index (χ3n) is 5.47. The van der Waals surface area contributed by atoms with Gasteiger partial charge in [0.25, 0.3) is 0 Å². The fourth-order valence-corrected chi connectivity index (χ4v) is 3.57. The molecule has 0 atom stereocenters. The minimum atomic E-state index is -0.173. The molecule has 8 heteroatoms. The summed E-state index contributed by atoms with van der Waals surface area (Å²) < 4.78 is 4.93. The summed E-state index contributed by atoms with van der Waals surface area (Å²) >= 11 is 0. The summed E-state index contributed by atoms with van der Waals surface area (Å²) in [4.78, 5) is 30.4. The molecule has 0 unspecified atom stereocenters. The van der Waals surface area contributed by atoms with Gasteiger partial charge >= 0.3 is 0 Å². The molecule has 0 aliphatic carbocycles. The summed E-state index contributed by atoms with van der Waals surface area (Å²) in [5.41, 5.74) is 3.09. The van der Waals surface area contributed by atoms with Gasteiger partial charge in [0.2, 0.25) is 11.8 Å². The van der Waals surface area contributed by atoms with Crippen molar-refractivity contribution in [2.75, 3.05) is 51.3 Å². The Morgan fingerprint density at radius 3 is 2.26 bits per heavy atom. The number of piperazine rings is 1. The molecular formula is C23H31N5O3. The van der Waals surface area contributed by atoms with Crippen LogP contribution in [0.25, 0.3) is 11.3 Å². The summed E-state index contributed by atoms with van der Waals surface area (Å²) in [7, 11) is 1.48. The standard InChI is InChI=1S/C23H31N5O3/c1-17(2)28(23(30)16-31-4)15-22(29)27-13-11-26(12-14-27)21-10-9-20(24-25-21)19-7-5-18(3)6-8-19/h5-10,17H,11-16H2,1-4H3. The topological polar surface area (TPSA) is 78.9 Å². The quantitative estimate of drug-likeness (QED) is 0.675. The van der Waals surface area contributed by atoms with Gasteiger partial charge in [-0.15, -0.1) is 10.2 Å². The van der Waals surface area contributed by atoms with E-state index in [1.54, 1.807) is 9.80 Å². The van der Waals surface area contributed by atoms with Gasteiger partial charge in [0.05, 0.1) is 5.69 Å². The number of anilines is 1. The monoisotopic (exact) mass is 425 g/mol. The average molecular weight is 426 g/mol. The molecule has 1 aliphatic heterocycles. The van der Waals surface area contributed by atoms with Gasteiger partial charge in [-0.3, -0.25) is 9.59 Å². The Bertz CT molecular complexity index is 875. The van der Waals surface area contributed by atoms with Crippen LogP contribution in [0.5, 0.6) is 0 Å². The lowest BCUT2D eigenvalue weighted by Crippen LogP contribution is -2.53. The van der Waals surface area contributed by atoms with Crippen LogP contribution in [0.4, 0.5) is 5.82 Å². The van der Waals surface area contributed by atoms with Crippen molar-refractivity contribution in [1.82, 2.24) is 20.0 Å². The second-order valence-corrected chi connectivity index (χ2v) is 8.06. The van der Waals surface area contributed by atoms with Crippen molar-refractivity contribution in [3.63, 3.8) is 0 Å². The van der Waals surface area contributed by atoms with Crippen molar-refractivity contribution in [1.29, 1.82) is 0 Å². The van der Waals surface area contributed by atoms with Crippen LogP contribution in [0.3, 0.4) is 0 Å². The Kier molecular flexibility index (Phi) is 7.57. The maximum Gasteiger partial charge on any atom is 0.249 e. The van der Waals surface area contributed by atoms with Crippen molar-refractivity contribution in [2.24, 2.45) is 0 Å². The van der Waals surface area contributed by atoms with Crippen LogP contribution in [0, 0.1) is 6.92 Å². The minimum absolute atomic E-state index is 0.0174. The average Bonchev–Trinajstić information content (AvgIpc) is 2.78. The van der Waals surface area contributed by atoms with E-state index in [1.165, 1.54) is 12.7 Å². The molecule has 1 aromatic heterocycles. The lowest BCUT2D eigenvalue weighted by atomic mass is 10.1. The van der Waals surface area contributed by atoms with Crippen LogP contribution in [0.15, 0.2) is 36.4 Å². The zero-order valence-corrected chi connectivity index (χ0v) is 18.7. The second-order valence-electron chi connectivity index (χ2n) is 8.06. The zero-order chi connectivity index (χ0) is 22.4. The Morgan fingerprint density at radius 1 is 1.03 bits per heavy atom. The largest absolute Gasteiger partial charge is 0.375 e. The number of methoxy groups -OCH3 is 1. The van der Waals surface area contributed by atoms with Crippen LogP contribution in [0.1, 0.15) is 19.4 Å². The molecule has 0 radical (unpaired) electrons. The van der Waals surface area contributed by atoms with Crippen molar-refractivity contribution in [3.05, 3.63) is 42.0 Å². The number of hydrogen-bond donors (Lipinski definition) is 0. The van der Waals surface area contributed by atoms with E-state index in [0.29, 0.717) is 26.2 Å². The number of rotatable bonds is 7. The number of carbonyl (C=O) groups is 2. The van der Waals surface area contributed by atoms with E-state index < -0.39 is 0 Å². The van der Waals surface area contributed by atoms with Gasteiger partial charge in [0.1, 0.15) is 13.2 Å². The first-order valence-electron chi connectivity index (χ1n) is 10.6. The molecule has 0 spiro atoms. The van der Waals surface area contributed by atoms with Gasteiger partial charge in [-0.1, -0.05) is 29.8 Å². The van der Waals surface area contributed by atoms with E-state index in [1.807, 2.05) is 38.1 Å². The van der Waals surface area contributed by atoms with Crippen LogP contribution in [-0.2, 0) is 14.3 Å². The van der Waals surface area contributed by atoms with Gasteiger partial charge in [-0.25, -0.2) is 0 Å². The zero-order valence-electron chi connectivity index (χ0n) is 18.7. The molecule has 1 aromatic carbocycles. The smallest absolute Gasteiger partial charge is 0.249 e. The normalized spacial score (nSPS) is 14.1. The van der Waals surface area contributed by atoms with Gasteiger partial charge in [0, 0.05) is 44.9 Å². The van der Waals surface area contributed by atoms with Crippen LogP contribution < -0.4 is 4.90 Å². The van der Waals surface area contributed by atoms with Gasteiger partial charge in [0.15, 0.2) is 5.82 Å². The molecule has 3 rings (SSSR count). The Balaban J connectivity index is 1.55. The number of aryl methyl sites for hydroxylation is 1. The van der Waals surface area contributed by atoms with Crippen LogP contribution in [0.2, 0.25) is 0 Å². The first-order chi connectivity index (χ1) is 14.9. The van der Waals surface area contributed by atoms with Crippen molar-refractivity contribution >= 4 is 17.6 Å². The highest BCUT2D eigenvalue weighted by atomic mass is 16.5. The van der Waals surface area contributed by atoms with Crippen molar-refractivity contribution in [3.8, 4) is 11.3 Å². The van der Waals surface area contributed by atoms with Crippen LogP contribution in [-0.4, -0.2) is 84.3 Å². The summed E-state index contributed by atoms with van der Waals surface area (Å²) in [5.74, 6) is 0.592. The highest BCUT2D eigenvalue weighted by Crippen LogP contribution is 2.20. The summed E-state index contributed by atoms with van der Waals surface area (Å²) in [6.07, 6.45) is 0. The van der Waals surface area contributed by atoms with Crippen molar-refractivity contribution in [2.45, 2.75) is 26.8 Å². The number of ether oxygens (including phenoxy) is 1. The molecular weight excluding hydrogens is 394 g/mol. The Hall–Kier alpha value is -3.00. The number of aromatic nitrogens is 2. The van der Waals surface area contributed by atoms with Crippen molar-refractivity contribution < 1.29 is 14.3 Å². The lowest BCUT2D eigenvalue weighted by Gasteiger charge is -2.36. The van der Waals surface area contributed by atoms with E-state index in [9.17, 15) is 9.59 Å². The lowest BCUT2D eigenvalue weighted by molar-refractivity contribution is -0.144. The van der Waals surface area contributed by atoms with Gasteiger partial charge in [-0.2, -0.15) is 0 Å². The summed E-state index contributed by atoms with van der Waals surface area (Å²) in [5, 5.41) is 8.77. The fraction of sp³-hybridized carbons (Fsp3) is 0.478. The van der Waals surface area contributed by atoms with Crippen LogP contribution >= 0.6 is 0 Å². The molecule has 2 heterocycles. The summed E-state index contributed by atoms with van der Waals surface area (Å²) in [6, 6.07) is 12.1. The third-order valence-corrected chi connectivity index (χ3v) is 5.47. The predicted molar refractivity (Wildman–Crippen MR) is 120 cm³/mol.